The third-order valence-electron chi connectivity index (χ3n) is 4.67. The van der Waals surface area contributed by atoms with E-state index in [0.717, 1.165) is 38.9 Å². The average Bonchev–Trinajstić information content (AvgIpc) is 2.62. The minimum Gasteiger partial charge on any atom is -0.390 e. The molecule has 3 nitrogen and oxygen atoms in total. The van der Waals surface area contributed by atoms with E-state index >= 15 is 0 Å². The van der Waals surface area contributed by atoms with Gasteiger partial charge in [0.1, 0.15) is 0 Å². The van der Waals surface area contributed by atoms with Crippen LogP contribution in [0.25, 0.3) is 0 Å². The first kappa shape index (κ1) is 11.9. The third kappa shape index (κ3) is 2.13. The number of rotatable bonds is 0. The van der Waals surface area contributed by atoms with Crippen molar-refractivity contribution in [3.8, 4) is 0 Å². The van der Waals surface area contributed by atoms with Crippen molar-refractivity contribution in [3.05, 3.63) is 0 Å². The van der Waals surface area contributed by atoms with E-state index in [2.05, 4.69) is 13.8 Å². The highest BCUT2D eigenvalue weighted by molar-refractivity contribution is 5.01. The lowest BCUT2D eigenvalue weighted by Gasteiger charge is -2.42. The lowest BCUT2D eigenvalue weighted by molar-refractivity contribution is -0.298. The van der Waals surface area contributed by atoms with Crippen LogP contribution in [0.2, 0.25) is 0 Å². The smallest absolute Gasteiger partial charge is 0.168 e. The molecule has 0 aromatic heterocycles. The second-order valence-corrected chi connectivity index (χ2v) is 7.49. The molecule has 3 heteroatoms. The van der Waals surface area contributed by atoms with Crippen LogP contribution in [-0.2, 0) is 9.47 Å². The Balaban J connectivity index is 1.67. The maximum Gasteiger partial charge on any atom is 0.168 e. The van der Waals surface area contributed by atoms with Gasteiger partial charge in [0.2, 0.25) is 0 Å². The molecule has 1 N–H and O–H groups in total. The van der Waals surface area contributed by atoms with E-state index < -0.39 is 5.60 Å². The van der Waals surface area contributed by atoms with E-state index in [-0.39, 0.29) is 11.2 Å². The zero-order valence-corrected chi connectivity index (χ0v) is 11.2. The van der Waals surface area contributed by atoms with Crippen LogP contribution in [-0.4, -0.2) is 29.7 Å². The molecule has 0 bridgehead atoms. The summed E-state index contributed by atoms with van der Waals surface area (Å²) >= 11 is 0. The number of aliphatic hydroxyl groups is 1. The fraction of sp³-hybridized carbons (Fsp3) is 1.00. The van der Waals surface area contributed by atoms with E-state index in [1.807, 2.05) is 6.92 Å². The molecule has 1 saturated heterocycles. The highest BCUT2D eigenvalue weighted by Gasteiger charge is 2.55. The topological polar surface area (TPSA) is 38.7 Å². The fourth-order valence-electron chi connectivity index (χ4n) is 3.88. The van der Waals surface area contributed by atoms with Crippen molar-refractivity contribution in [2.75, 3.05) is 13.2 Å². The molecule has 0 unspecified atom stereocenters. The van der Waals surface area contributed by atoms with Gasteiger partial charge in [-0.05, 0) is 31.6 Å². The second kappa shape index (κ2) is 3.46. The van der Waals surface area contributed by atoms with Crippen LogP contribution < -0.4 is 0 Å². The maximum atomic E-state index is 10.1. The quantitative estimate of drug-likeness (QED) is 0.706. The summed E-state index contributed by atoms with van der Waals surface area (Å²) in [4.78, 5) is 0. The van der Waals surface area contributed by atoms with Crippen LogP contribution in [0.15, 0.2) is 0 Å². The van der Waals surface area contributed by atoms with Crippen LogP contribution in [0.4, 0.5) is 0 Å². The van der Waals surface area contributed by atoms with Crippen molar-refractivity contribution >= 4 is 0 Å². The largest absolute Gasteiger partial charge is 0.390 e. The summed E-state index contributed by atoms with van der Waals surface area (Å²) < 4.78 is 12.1. The molecular formula is C14H24O3. The first-order valence-corrected chi connectivity index (χ1v) is 6.80. The van der Waals surface area contributed by atoms with Crippen molar-refractivity contribution < 1.29 is 14.6 Å². The van der Waals surface area contributed by atoms with Gasteiger partial charge in [-0.15, -0.1) is 0 Å². The summed E-state index contributed by atoms with van der Waals surface area (Å²) in [5.74, 6) is 0.860. The van der Waals surface area contributed by atoms with Crippen molar-refractivity contribution in [1.82, 2.24) is 0 Å². The molecule has 0 amide bonds. The van der Waals surface area contributed by atoms with Gasteiger partial charge in [-0.3, -0.25) is 0 Å². The first-order valence-electron chi connectivity index (χ1n) is 6.80. The number of hydrogen-bond donors (Lipinski definition) is 1. The van der Waals surface area contributed by atoms with Crippen LogP contribution in [0.5, 0.6) is 0 Å². The predicted octanol–water partition coefficient (Wildman–Crippen LogP) is 2.33. The van der Waals surface area contributed by atoms with Crippen molar-refractivity contribution in [1.29, 1.82) is 0 Å². The molecule has 1 spiro atoms. The molecule has 0 aromatic carbocycles. The van der Waals surface area contributed by atoms with Crippen LogP contribution >= 0.6 is 0 Å². The third-order valence-corrected chi connectivity index (χ3v) is 4.67. The molecule has 17 heavy (non-hydrogen) atoms. The Kier molecular flexibility index (Phi) is 2.43. The molecule has 2 saturated carbocycles. The van der Waals surface area contributed by atoms with Gasteiger partial charge in [-0.2, -0.15) is 0 Å². The van der Waals surface area contributed by atoms with Gasteiger partial charge in [0.15, 0.2) is 5.79 Å². The summed E-state index contributed by atoms with van der Waals surface area (Å²) in [5.41, 5.74) is -0.306. The van der Waals surface area contributed by atoms with Gasteiger partial charge in [0.05, 0.1) is 18.8 Å². The van der Waals surface area contributed by atoms with E-state index in [0.29, 0.717) is 11.8 Å². The van der Waals surface area contributed by atoms with Crippen LogP contribution in [0, 0.1) is 17.3 Å². The first-order chi connectivity index (χ1) is 7.79. The molecule has 3 fully saturated rings. The number of hydrogen-bond acceptors (Lipinski definition) is 3. The molecule has 3 rings (SSSR count). The number of fused-ring (bicyclic) bond motifs is 1. The van der Waals surface area contributed by atoms with Crippen molar-refractivity contribution in [2.24, 2.45) is 17.3 Å². The van der Waals surface area contributed by atoms with Crippen molar-refractivity contribution in [2.45, 2.75) is 57.8 Å². The lowest BCUT2D eigenvalue weighted by Crippen LogP contribution is -2.46. The van der Waals surface area contributed by atoms with Crippen LogP contribution in [0.1, 0.15) is 46.5 Å². The van der Waals surface area contributed by atoms with Gasteiger partial charge in [-0.1, -0.05) is 13.8 Å². The summed E-state index contributed by atoms with van der Waals surface area (Å²) in [6, 6.07) is 0. The normalized spacial score (nSPS) is 47.3. The van der Waals surface area contributed by atoms with Crippen LogP contribution in [0.3, 0.4) is 0 Å². The van der Waals surface area contributed by atoms with E-state index in [1.165, 1.54) is 0 Å². The monoisotopic (exact) mass is 240 g/mol. The zero-order valence-electron chi connectivity index (χ0n) is 11.2. The Bertz CT molecular complexity index is 293. The molecular weight excluding hydrogens is 216 g/mol. The minimum atomic E-state index is -0.453. The van der Waals surface area contributed by atoms with E-state index in [4.69, 9.17) is 9.47 Å². The summed E-state index contributed by atoms with van der Waals surface area (Å²) in [6.07, 6.45) is 3.78. The minimum absolute atomic E-state index is 0.147. The maximum absolute atomic E-state index is 10.1. The Labute approximate surface area is 103 Å². The lowest BCUT2D eigenvalue weighted by atomic mass is 9.93. The summed E-state index contributed by atoms with van der Waals surface area (Å²) in [6.45, 7) is 7.91. The number of ether oxygens (including phenoxy) is 2. The van der Waals surface area contributed by atoms with Crippen molar-refractivity contribution in [3.63, 3.8) is 0 Å². The fourth-order valence-corrected chi connectivity index (χ4v) is 3.88. The van der Waals surface area contributed by atoms with Gasteiger partial charge < -0.3 is 14.6 Å². The molecule has 0 radical (unpaired) electrons. The SMILES string of the molecule is CC1(C)COC2(C[C@@H]3C[C@@](C)(O)C[C@@H]3C2)OC1. The Hall–Kier alpha value is -0.120. The average molecular weight is 240 g/mol. The molecule has 2 aliphatic carbocycles. The molecule has 3 atom stereocenters. The molecule has 98 valence electrons. The standard InChI is InChI=1S/C14H24O3/c1-12(2)8-16-14(17-9-12)6-10-4-13(3,15)5-11(10)7-14/h10-11,15H,4-9H2,1-3H3/t10-,11+,13+. The Morgan fingerprint density at radius 3 is 1.82 bits per heavy atom. The van der Waals surface area contributed by atoms with E-state index in [9.17, 15) is 5.11 Å². The molecule has 1 aliphatic heterocycles. The molecule has 3 aliphatic rings. The Morgan fingerprint density at radius 1 is 0.882 bits per heavy atom. The van der Waals surface area contributed by atoms with Gasteiger partial charge in [0, 0.05) is 18.3 Å². The molecule has 1 heterocycles. The van der Waals surface area contributed by atoms with Gasteiger partial charge >= 0.3 is 0 Å². The highest BCUT2D eigenvalue weighted by atomic mass is 16.7. The summed E-state index contributed by atoms with van der Waals surface area (Å²) in [7, 11) is 0. The predicted molar refractivity (Wildman–Crippen MR) is 64.5 cm³/mol. The van der Waals surface area contributed by atoms with Gasteiger partial charge in [-0.25, -0.2) is 0 Å². The van der Waals surface area contributed by atoms with Gasteiger partial charge in [0.25, 0.3) is 0 Å². The zero-order chi connectivity index (χ0) is 12.3. The highest BCUT2D eigenvalue weighted by Crippen LogP contribution is 2.55. The van der Waals surface area contributed by atoms with E-state index in [1.54, 1.807) is 0 Å². The molecule has 0 aromatic rings. The second-order valence-electron chi connectivity index (χ2n) is 7.49. The summed E-state index contributed by atoms with van der Waals surface area (Å²) in [5, 5.41) is 10.1. The Morgan fingerprint density at radius 2 is 1.35 bits per heavy atom.